The molecule has 1 heterocycles. The summed E-state index contributed by atoms with van der Waals surface area (Å²) in [7, 11) is 0. The third kappa shape index (κ3) is 4.00. The highest BCUT2D eigenvalue weighted by molar-refractivity contribution is 5.94. The Morgan fingerprint density at radius 2 is 1.92 bits per heavy atom. The highest BCUT2D eigenvalue weighted by atomic mass is 16.7. The third-order valence-electron chi connectivity index (χ3n) is 3.40. The lowest BCUT2D eigenvalue weighted by molar-refractivity contribution is -0.118. The summed E-state index contributed by atoms with van der Waals surface area (Å²) in [5.74, 6) is 0.651. The molecule has 7 nitrogen and oxygen atoms in total. The van der Waals surface area contributed by atoms with Crippen LogP contribution in [0, 0.1) is 0 Å². The smallest absolute Gasteiger partial charge is 0.341 e. The minimum atomic E-state index is -0.491. The number of carbonyl (C=O) groups is 2. The summed E-state index contributed by atoms with van der Waals surface area (Å²) >= 11 is 0. The number of hydrogen-bond donors (Lipinski definition) is 1. The van der Waals surface area contributed by atoms with Crippen LogP contribution in [0.15, 0.2) is 42.5 Å². The Morgan fingerprint density at radius 1 is 1.12 bits per heavy atom. The molecule has 2 aromatic rings. The lowest BCUT2D eigenvalue weighted by Crippen LogP contribution is -2.21. The zero-order valence-corrected chi connectivity index (χ0v) is 13.6. The highest BCUT2D eigenvalue weighted by Crippen LogP contribution is 2.34. The van der Waals surface area contributed by atoms with E-state index in [9.17, 15) is 9.59 Å². The van der Waals surface area contributed by atoms with E-state index in [4.69, 9.17) is 18.9 Å². The Balaban J connectivity index is 1.60. The largest absolute Gasteiger partial charge is 0.483 e. The van der Waals surface area contributed by atoms with Crippen LogP contribution < -0.4 is 19.5 Å². The van der Waals surface area contributed by atoms with Gasteiger partial charge in [-0.2, -0.15) is 0 Å². The van der Waals surface area contributed by atoms with Gasteiger partial charge in [0.2, 0.25) is 6.79 Å². The van der Waals surface area contributed by atoms with Crippen molar-refractivity contribution in [1.29, 1.82) is 0 Å². The Morgan fingerprint density at radius 3 is 2.76 bits per heavy atom. The van der Waals surface area contributed by atoms with Crippen LogP contribution in [0.5, 0.6) is 17.2 Å². The number of carbonyl (C=O) groups excluding carboxylic acids is 2. The maximum Gasteiger partial charge on any atom is 0.341 e. The average molecular weight is 343 g/mol. The first-order chi connectivity index (χ1) is 12.2. The maximum absolute atomic E-state index is 12.1. The number of fused-ring (bicyclic) bond motifs is 1. The fraction of sp³-hybridized carbons (Fsp3) is 0.222. The molecule has 1 N–H and O–H groups in total. The number of amides is 1. The van der Waals surface area contributed by atoms with Crippen LogP contribution in [0.3, 0.4) is 0 Å². The Labute approximate surface area is 144 Å². The monoisotopic (exact) mass is 343 g/mol. The van der Waals surface area contributed by atoms with Gasteiger partial charge in [0, 0.05) is 11.8 Å². The molecule has 3 rings (SSSR count). The number of anilines is 1. The molecule has 0 unspecified atom stereocenters. The first-order valence-corrected chi connectivity index (χ1v) is 7.76. The number of ether oxygens (including phenoxy) is 4. The minimum Gasteiger partial charge on any atom is -0.483 e. The second-order valence-electron chi connectivity index (χ2n) is 5.12. The quantitative estimate of drug-likeness (QED) is 0.812. The van der Waals surface area contributed by atoms with Crippen LogP contribution >= 0.6 is 0 Å². The first-order valence-electron chi connectivity index (χ1n) is 7.76. The van der Waals surface area contributed by atoms with Crippen molar-refractivity contribution in [2.75, 3.05) is 25.3 Å². The summed E-state index contributed by atoms with van der Waals surface area (Å²) in [5.41, 5.74) is 0.844. The molecule has 130 valence electrons. The van der Waals surface area contributed by atoms with Crippen LogP contribution in [0.1, 0.15) is 17.3 Å². The summed E-state index contributed by atoms with van der Waals surface area (Å²) < 4.78 is 20.9. The van der Waals surface area contributed by atoms with Gasteiger partial charge in [0.05, 0.1) is 6.61 Å². The highest BCUT2D eigenvalue weighted by Gasteiger charge is 2.16. The van der Waals surface area contributed by atoms with E-state index < -0.39 is 5.97 Å². The Bertz CT molecular complexity index is 789. The lowest BCUT2D eigenvalue weighted by Gasteiger charge is -2.11. The van der Waals surface area contributed by atoms with Crippen molar-refractivity contribution < 1.29 is 28.5 Å². The molecule has 2 aromatic carbocycles. The molecule has 0 fully saturated rings. The topological polar surface area (TPSA) is 83.1 Å². The second kappa shape index (κ2) is 7.57. The average Bonchev–Trinajstić information content (AvgIpc) is 3.08. The van der Waals surface area contributed by atoms with Gasteiger partial charge in [0.15, 0.2) is 18.1 Å². The number of hydrogen-bond acceptors (Lipinski definition) is 6. The summed E-state index contributed by atoms with van der Waals surface area (Å²) in [4.78, 5) is 23.9. The molecular formula is C18H17NO6. The van der Waals surface area contributed by atoms with Crippen molar-refractivity contribution in [2.45, 2.75) is 6.92 Å². The van der Waals surface area contributed by atoms with Crippen molar-refractivity contribution in [2.24, 2.45) is 0 Å². The van der Waals surface area contributed by atoms with Crippen LogP contribution in [-0.4, -0.2) is 31.9 Å². The van der Waals surface area contributed by atoms with E-state index in [0.29, 0.717) is 22.9 Å². The van der Waals surface area contributed by atoms with Gasteiger partial charge >= 0.3 is 5.97 Å². The molecule has 0 atom stereocenters. The van der Waals surface area contributed by atoms with Gasteiger partial charge in [-0.15, -0.1) is 0 Å². The second-order valence-corrected chi connectivity index (χ2v) is 5.12. The molecule has 7 heteroatoms. The molecule has 0 spiro atoms. The van der Waals surface area contributed by atoms with E-state index in [1.807, 2.05) is 0 Å². The molecule has 0 saturated carbocycles. The normalized spacial score (nSPS) is 11.7. The van der Waals surface area contributed by atoms with E-state index >= 15 is 0 Å². The van der Waals surface area contributed by atoms with Crippen molar-refractivity contribution in [1.82, 2.24) is 0 Å². The Hall–Kier alpha value is -3.22. The molecule has 25 heavy (non-hydrogen) atoms. The lowest BCUT2D eigenvalue weighted by atomic mass is 10.2. The van der Waals surface area contributed by atoms with Gasteiger partial charge in [0.25, 0.3) is 5.91 Å². The van der Waals surface area contributed by atoms with Crippen LogP contribution in [-0.2, 0) is 9.53 Å². The molecular weight excluding hydrogens is 326 g/mol. The SMILES string of the molecule is CCOC(=O)c1ccccc1OCC(=O)Nc1ccc2c(c1)OCO2. The minimum absolute atomic E-state index is 0.167. The zero-order valence-electron chi connectivity index (χ0n) is 13.6. The predicted octanol–water partition coefficient (Wildman–Crippen LogP) is 2.61. The summed E-state index contributed by atoms with van der Waals surface area (Å²) in [6.07, 6.45) is 0. The molecule has 0 aliphatic carbocycles. The fourth-order valence-corrected chi connectivity index (χ4v) is 2.28. The van der Waals surface area contributed by atoms with Gasteiger partial charge in [-0.1, -0.05) is 12.1 Å². The van der Waals surface area contributed by atoms with Crippen LogP contribution in [0.4, 0.5) is 5.69 Å². The van der Waals surface area contributed by atoms with E-state index in [-0.39, 0.29) is 31.5 Å². The van der Waals surface area contributed by atoms with Crippen molar-refractivity contribution in [3.63, 3.8) is 0 Å². The standard InChI is InChI=1S/C18H17NO6/c1-2-22-18(21)13-5-3-4-6-14(13)23-10-17(20)19-12-7-8-15-16(9-12)25-11-24-15/h3-9H,2,10-11H2,1H3,(H,19,20). The number of esters is 1. The number of para-hydroxylation sites is 1. The summed E-state index contributed by atoms with van der Waals surface area (Å²) in [6, 6.07) is 11.7. The van der Waals surface area contributed by atoms with Crippen LogP contribution in [0.2, 0.25) is 0 Å². The molecule has 1 aliphatic rings. The maximum atomic E-state index is 12.1. The van der Waals surface area contributed by atoms with Gasteiger partial charge < -0.3 is 24.3 Å². The van der Waals surface area contributed by atoms with Gasteiger partial charge in [0.1, 0.15) is 11.3 Å². The van der Waals surface area contributed by atoms with Crippen LogP contribution in [0.25, 0.3) is 0 Å². The van der Waals surface area contributed by atoms with Crippen molar-refractivity contribution in [3.8, 4) is 17.2 Å². The molecule has 1 amide bonds. The summed E-state index contributed by atoms with van der Waals surface area (Å²) in [6.45, 7) is 1.91. The van der Waals surface area contributed by atoms with Crippen molar-refractivity contribution >= 4 is 17.6 Å². The summed E-state index contributed by atoms with van der Waals surface area (Å²) in [5, 5.41) is 2.70. The fourth-order valence-electron chi connectivity index (χ4n) is 2.28. The number of benzene rings is 2. The van der Waals surface area contributed by atoms with E-state index in [1.54, 1.807) is 49.4 Å². The van der Waals surface area contributed by atoms with E-state index in [0.717, 1.165) is 0 Å². The molecule has 0 bridgehead atoms. The number of nitrogens with one attached hydrogen (secondary N) is 1. The van der Waals surface area contributed by atoms with Gasteiger partial charge in [-0.25, -0.2) is 4.79 Å². The van der Waals surface area contributed by atoms with E-state index in [2.05, 4.69) is 5.32 Å². The number of rotatable bonds is 6. The molecule has 1 aliphatic heterocycles. The molecule has 0 aromatic heterocycles. The Kier molecular flexibility index (Phi) is 5.03. The molecule has 0 radical (unpaired) electrons. The van der Waals surface area contributed by atoms with Crippen molar-refractivity contribution in [3.05, 3.63) is 48.0 Å². The third-order valence-corrected chi connectivity index (χ3v) is 3.40. The molecule has 0 saturated heterocycles. The first kappa shape index (κ1) is 16.6. The van der Waals surface area contributed by atoms with Gasteiger partial charge in [-0.3, -0.25) is 4.79 Å². The van der Waals surface area contributed by atoms with Gasteiger partial charge in [-0.05, 0) is 31.2 Å². The van der Waals surface area contributed by atoms with E-state index in [1.165, 1.54) is 0 Å². The predicted molar refractivity (Wildman–Crippen MR) is 89.1 cm³/mol. The zero-order chi connectivity index (χ0) is 17.6.